The molecule has 0 radical (unpaired) electrons. The van der Waals surface area contributed by atoms with Gasteiger partial charge >= 0.3 is 5.97 Å². The molecular formula is C18H22N2O5. The number of rotatable bonds is 11. The Balaban J connectivity index is 1.72. The lowest BCUT2D eigenvalue weighted by molar-refractivity contribution is -0.136. The Morgan fingerprint density at radius 2 is 2.00 bits per heavy atom. The molecule has 25 heavy (non-hydrogen) atoms. The van der Waals surface area contributed by atoms with Crippen LogP contribution in [-0.2, 0) is 11.4 Å². The minimum absolute atomic E-state index is 0.00985. The van der Waals surface area contributed by atoms with Crippen molar-refractivity contribution in [2.75, 3.05) is 19.7 Å². The monoisotopic (exact) mass is 346 g/mol. The van der Waals surface area contributed by atoms with Crippen molar-refractivity contribution in [2.45, 2.75) is 19.1 Å². The predicted octanol–water partition coefficient (Wildman–Crippen LogP) is 1.46. The van der Waals surface area contributed by atoms with E-state index in [0.717, 1.165) is 5.56 Å². The summed E-state index contributed by atoms with van der Waals surface area (Å²) in [5.74, 6) is 0.104. The third-order valence-corrected chi connectivity index (χ3v) is 3.27. The van der Waals surface area contributed by atoms with E-state index in [4.69, 9.17) is 14.6 Å². The quantitative estimate of drug-likeness (QED) is 0.530. The molecule has 0 bridgehead atoms. The van der Waals surface area contributed by atoms with Crippen molar-refractivity contribution in [3.63, 3.8) is 0 Å². The normalized spacial score (nSPS) is 11.7. The molecule has 1 aromatic heterocycles. The Morgan fingerprint density at radius 1 is 1.20 bits per heavy atom. The third-order valence-electron chi connectivity index (χ3n) is 3.27. The van der Waals surface area contributed by atoms with Gasteiger partial charge in [0.2, 0.25) is 5.88 Å². The average molecular weight is 346 g/mol. The van der Waals surface area contributed by atoms with Crippen molar-refractivity contribution in [1.29, 1.82) is 0 Å². The molecule has 0 amide bonds. The van der Waals surface area contributed by atoms with Gasteiger partial charge in [0, 0.05) is 25.4 Å². The number of aliphatic hydroxyl groups excluding tert-OH is 1. The van der Waals surface area contributed by atoms with E-state index in [1.165, 1.54) is 0 Å². The lowest BCUT2D eigenvalue weighted by Crippen LogP contribution is -2.32. The second kappa shape index (κ2) is 10.3. The second-order valence-corrected chi connectivity index (χ2v) is 5.42. The molecule has 0 aliphatic carbocycles. The van der Waals surface area contributed by atoms with Gasteiger partial charge in [-0.25, -0.2) is 4.98 Å². The standard InChI is InChI=1S/C18H22N2O5/c21-15(11-19-8-7-18(22)23)13-25-17-10-16(6-9-20-17)24-12-14-4-2-1-3-5-14/h1-6,9-10,15,19,21H,7-8,11-13H2,(H,22,23)/t15-/m1/s1. The van der Waals surface area contributed by atoms with E-state index in [2.05, 4.69) is 10.3 Å². The summed E-state index contributed by atoms with van der Waals surface area (Å²) >= 11 is 0. The van der Waals surface area contributed by atoms with Gasteiger partial charge in [0.15, 0.2) is 0 Å². The van der Waals surface area contributed by atoms with Crippen molar-refractivity contribution < 1.29 is 24.5 Å². The number of pyridine rings is 1. The van der Waals surface area contributed by atoms with Gasteiger partial charge in [-0.15, -0.1) is 0 Å². The Hall–Kier alpha value is -2.64. The first-order valence-corrected chi connectivity index (χ1v) is 7.99. The third kappa shape index (κ3) is 7.65. The number of aliphatic hydroxyl groups is 1. The van der Waals surface area contributed by atoms with E-state index < -0.39 is 12.1 Å². The van der Waals surface area contributed by atoms with Crippen LogP contribution >= 0.6 is 0 Å². The minimum atomic E-state index is -0.880. The Morgan fingerprint density at radius 3 is 2.76 bits per heavy atom. The highest BCUT2D eigenvalue weighted by Crippen LogP contribution is 2.17. The molecule has 7 nitrogen and oxygen atoms in total. The van der Waals surface area contributed by atoms with E-state index in [9.17, 15) is 9.90 Å². The van der Waals surface area contributed by atoms with Crippen molar-refractivity contribution in [3.05, 3.63) is 54.2 Å². The summed E-state index contributed by atoms with van der Waals surface area (Å²) in [6.45, 7) is 1.04. The largest absolute Gasteiger partial charge is 0.489 e. The fourth-order valence-corrected chi connectivity index (χ4v) is 2.01. The molecule has 0 unspecified atom stereocenters. The van der Waals surface area contributed by atoms with Crippen molar-refractivity contribution >= 4 is 5.97 Å². The van der Waals surface area contributed by atoms with Crippen LogP contribution in [0.2, 0.25) is 0 Å². The van der Waals surface area contributed by atoms with Crippen molar-refractivity contribution in [2.24, 2.45) is 0 Å². The van der Waals surface area contributed by atoms with E-state index in [-0.39, 0.29) is 19.6 Å². The first-order valence-electron chi connectivity index (χ1n) is 7.99. The summed E-state index contributed by atoms with van der Waals surface area (Å²) in [4.78, 5) is 14.5. The lowest BCUT2D eigenvalue weighted by Gasteiger charge is -2.13. The van der Waals surface area contributed by atoms with Gasteiger partial charge in [-0.3, -0.25) is 4.79 Å². The average Bonchev–Trinajstić information content (AvgIpc) is 2.63. The molecule has 2 rings (SSSR count). The molecular weight excluding hydrogens is 324 g/mol. The van der Waals surface area contributed by atoms with E-state index in [1.54, 1.807) is 18.3 Å². The molecule has 1 atom stereocenters. The van der Waals surface area contributed by atoms with E-state index in [1.807, 2.05) is 30.3 Å². The maximum Gasteiger partial charge on any atom is 0.304 e. The first-order chi connectivity index (χ1) is 12.1. The van der Waals surface area contributed by atoms with Crippen LogP contribution in [0.25, 0.3) is 0 Å². The number of aromatic nitrogens is 1. The number of hydrogen-bond donors (Lipinski definition) is 3. The minimum Gasteiger partial charge on any atom is -0.489 e. The van der Waals surface area contributed by atoms with Crippen molar-refractivity contribution in [1.82, 2.24) is 10.3 Å². The summed E-state index contributed by atoms with van der Waals surface area (Å²) in [5, 5.41) is 21.2. The highest BCUT2D eigenvalue weighted by Gasteiger charge is 2.07. The van der Waals surface area contributed by atoms with Crippen LogP contribution in [0.1, 0.15) is 12.0 Å². The number of carboxylic acids is 1. The fourth-order valence-electron chi connectivity index (χ4n) is 2.01. The highest BCUT2D eigenvalue weighted by molar-refractivity contribution is 5.66. The SMILES string of the molecule is O=C(O)CCNC[C@@H](O)COc1cc(OCc2ccccc2)ccn1. The fraction of sp³-hybridized carbons (Fsp3) is 0.333. The van der Waals surface area contributed by atoms with Gasteiger partial charge in [-0.1, -0.05) is 30.3 Å². The van der Waals surface area contributed by atoms with Crippen LogP contribution in [0.4, 0.5) is 0 Å². The smallest absolute Gasteiger partial charge is 0.304 e. The number of carbonyl (C=O) groups is 1. The summed E-state index contributed by atoms with van der Waals surface area (Å²) in [6.07, 6.45) is 0.827. The summed E-state index contributed by atoms with van der Waals surface area (Å²) in [5.41, 5.74) is 1.06. The van der Waals surface area contributed by atoms with Crippen LogP contribution in [0.15, 0.2) is 48.7 Å². The number of benzene rings is 1. The number of aliphatic carboxylic acids is 1. The molecule has 3 N–H and O–H groups in total. The van der Waals surface area contributed by atoms with Gasteiger partial charge < -0.3 is 25.0 Å². The Bertz CT molecular complexity index is 651. The van der Waals surface area contributed by atoms with Crippen LogP contribution < -0.4 is 14.8 Å². The molecule has 0 saturated carbocycles. The maximum absolute atomic E-state index is 10.4. The van der Waals surface area contributed by atoms with E-state index in [0.29, 0.717) is 24.8 Å². The van der Waals surface area contributed by atoms with Gasteiger partial charge in [0.05, 0.1) is 6.42 Å². The van der Waals surface area contributed by atoms with Crippen LogP contribution in [-0.4, -0.2) is 47.0 Å². The van der Waals surface area contributed by atoms with Gasteiger partial charge in [-0.2, -0.15) is 0 Å². The molecule has 0 spiro atoms. The maximum atomic E-state index is 10.4. The number of hydrogen-bond acceptors (Lipinski definition) is 6. The molecule has 0 aliphatic rings. The van der Waals surface area contributed by atoms with Gasteiger partial charge in [-0.05, 0) is 11.6 Å². The Labute approximate surface area is 146 Å². The van der Waals surface area contributed by atoms with E-state index >= 15 is 0 Å². The zero-order chi connectivity index (χ0) is 17.9. The zero-order valence-corrected chi connectivity index (χ0v) is 13.8. The molecule has 1 heterocycles. The summed E-state index contributed by atoms with van der Waals surface area (Å²) in [7, 11) is 0. The number of carboxylic acid groups (broad SMARTS) is 1. The van der Waals surface area contributed by atoms with Gasteiger partial charge in [0.25, 0.3) is 0 Å². The molecule has 134 valence electrons. The first kappa shape index (κ1) is 18.7. The van der Waals surface area contributed by atoms with Gasteiger partial charge in [0.1, 0.15) is 25.1 Å². The molecule has 7 heteroatoms. The number of nitrogens with zero attached hydrogens (tertiary/aromatic N) is 1. The van der Waals surface area contributed by atoms with Crippen molar-refractivity contribution in [3.8, 4) is 11.6 Å². The molecule has 0 fully saturated rings. The second-order valence-electron chi connectivity index (χ2n) is 5.42. The predicted molar refractivity (Wildman–Crippen MR) is 91.6 cm³/mol. The molecule has 0 saturated heterocycles. The Kier molecular flexibility index (Phi) is 7.68. The van der Waals surface area contributed by atoms with Crippen LogP contribution in [0.5, 0.6) is 11.6 Å². The summed E-state index contributed by atoms with van der Waals surface area (Å²) in [6, 6.07) is 13.2. The lowest BCUT2D eigenvalue weighted by atomic mass is 10.2. The highest BCUT2D eigenvalue weighted by atomic mass is 16.5. The topological polar surface area (TPSA) is 101 Å². The molecule has 2 aromatic rings. The molecule has 1 aromatic carbocycles. The van der Waals surface area contributed by atoms with Crippen LogP contribution in [0, 0.1) is 0 Å². The number of nitrogens with one attached hydrogen (secondary N) is 1. The van der Waals surface area contributed by atoms with Crippen LogP contribution in [0.3, 0.4) is 0 Å². The number of ether oxygens (including phenoxy) is 2. The molecule has 0 aliphatic heterocycles. The zero-order valence-electron chi connectivity index (χ0n) is 13.8. The summed E-state index contributed by atoms with van der Waals surface area (Å²) < 4.78 is 11.1.